The summed E-state index contributed by atoms with van der Waals surface area (Å²) in [5.41, 5.74) is 0.715. The van der Waals surface area contributed by atoms with Gasteiger partial charge in [0.2, 0.25) is 0 Å². The number of ether oxygens (including phenoxy) is 1. The molecule has 2 heteroatoms. The van der Waals surface area contributed by atoms with Crippen LogP contribution in [0.1, 0.15) is 64.2 Å². The Kier molecular flexibility index (Phi) is 4.25. The third-order valence-corrected chi connectivity index (χ3v) is 5.43. The second kappa shape index (κ2) is 5.92. The lowest BCUT2D eigenvalue weighted by Gasteiger charge is -2.52. The Labute approximate surface area is 112 Å². The Balaban J connectivity index is 1.26. The van der Waals surface area contributed by atoms with E-state index in [2.05, 4.69) is 5.32 Å². The first-order valence-electron chi connectivity index (χ1n) is 8.20. The summed E-state index contributed by atoms with van der Waals surface area (Å²) in [7, 11) is 0. The molecule has 1 unspecified atom stereocenters. The quantitative estimate of drug-likeness (QED) is 0.699. The van der Waals surface area contributed by atoms with Gasteiger partial charge in [0.1, 0.15) is 0 Å². The van der Waals surface area contributed by atoms with E-state index in [0.29, 0.717) is 5.41 Å². The number of hydrogen-bond acceptors (Lipinski definition) is 2. The number of nitrogens with one attached hydrogen (secondary N) is 1. The van der Waals surface area contributed by atoms with Crippen LogP contribution in [-0.2, 0) is 4.74 Å². The van der Waals surface area contributed by atoms with Crippen molar-refractivity contribution in [2.75, 3.05) is 19.8 Å². The van der Waals surface area contributed by atoms with Crippen LogP contribution in [0.3, 0.4) is 0 Å². The first kappa shape index (κ1) is 12.9. The molecule has 3 aliphatic carbocycles. The van der Waals surface area contributed by atoms with Crippen molar-refractivity contribution in [2.24, 2.45) is 11.3 Å². The van der Waals surface area contributed by atoms with Crippen LogP contribution >= 0.6 is 0 Å². The summed E-state index contributed by atoms with van der Waals surface area (Å²) in [6, 6.07) is 0.834. The minimum atomic E-state index is 0.715. The Bertz CT molecular complexity index is 256. The fourth-order valence-electron chi connectivity index (χ4n) is 3.85. The average molecular weight is 251 g/mol. The van der Waals surface area contributed by atoms with E-state index >= 15 is 0 Å². The lowest BCUT2D eigenvalue weighted by atomic mass is 9.57. The molecule has 18 heavy (non-hydrogen) atoms. The molecule has 3 rings (SSSR count). The fourth-order valence-corrected chi connectivity index (χ4v) is 3.85. The van der Waals surface area contributed by atoms with Crippen LogP contribution in [0.25, 0.3) is 0 Å². The maximum Gasteiger partial charge on any atom is 0.0494 e. The predicted octanol–water partition coefficient (Wildman–Crippen LogP) is 3.51. The van der Waals surface area contributed by atoms with E-state index in [1.165, 1.54) is 64.2 Å². The summed E-state index contributed by atoms with van der Waals surface area (Å²) in [5, 5.41) is 3.80. The van der Waals surface area contributed by atoms with Gasteiger partial charge < -0.3 is 10.1 Å². The molecular formula is C16H29NO. The van der Waals surface area contributed by atoms with Crippen LogP contribution in [0.5, 0.6) is 0 Å². The molecule has 3 saturated carbocycles. The standard InChI is InChI=1S/C16H29NO/c1-2-8-16(9-3-1)10-7-15(16)17-11-4-12-18-13-14-5-6-14/h14-15,17H,1-13H2. The highest BCUT2D eigenvalue weighted by Crippen LogP contribution is 2.51. The van der Waals surface area contributed by atoms with Crippen LogP contribution in [0, 0.1) is 11.3 Å². The van der Waals surface area contributed by atoms with Gasteiger partial charge in [-0.1, -0.05) is 19.3 Å². The third kappa shape index (κ3) is 3.08. The van der Waals surface area contributed by atoms with Gasteiger partial charge in [0.25, 0.3) is 0 Å². The van der Waals surface area contributed by atoms with Crippen molar-refractivity contribution in [1.82, 2.24) is 5.32 Å². The predicted molar refractivity (Wildman–Crippen MR) is 74.7 cm³/mol. The molecule has 1 atom stereocenters. The summed E-state index contributed by atoms with van der Waals surface area (Å²) in [4.78, 5) is 0. The highest BCUT2D eigenvalue weighted by Gasteiger charge is 2.46. The zero-order valence-electron chi connectivity index (χ0n) is 11.8. The molecule has 0 radical (unpaired) electrons. The highest BCUT2D eigenvalue weighted by molar-refractivity contribution is 5.01. The van der Waals surface area contributed by atoms with Gasteiger partial charge in [-0.15, -0.1) is 0 Å². The van der Waals surface area contributed by atoms with Crippen LogP contribution in [0.4, 0.5) is 0 Å². The third-order valence-electron chi connectivity index (χ3n) is 5.43. The van der Waals surface area contributed by atoms with Crippen LogP contribution in [0.15, 0.2) is 0 Å². The Morgan fingerprint density at radius 2 is 1.83 bits per heavy atom. The number of hydrogen-bond donors (Lipinski definition) is 1. The van der Waals surface area contributed by atoms with E-state index in [4.69, 9.17) is 4.74 Å². The normalized spacial score (nSPS) is 30.3. The molecule has 0 aromatic rings. The molecule has 1 spiro atoms. The average Bonchev–Trinajstić information content (AvgIpc) is 3.21. The summed E-state index contributed by atoms with van der Waals surface area (Å²) >= 11 is 0. The van der Waals surface area contributed by atoms with Crippen molar-refractivity contribution in [3.05, 3.63) is 0 Å². The lowest BCUT2D eigenvalue weighted by Crippen LogP contribution is -2.54. The van der Waals surface area contributed by atoms with Crippen molar-refractivity contribution >= 4 is 0 Å². The van der Waals surface area contributed by atoms with Crippen LogP contribution < -0.4 is 5.32 Å². The van der Waals surface area contributed by atoms with Gasteiger partial charge in [-0.3, -0.25) is 0 Å². The molecule has 0 saturated heterocycles. The highest BCUT2D eigenvalue weighted by atomic mass is 16.5. The van der Waals surface area contributed by atoms with Crippen LogP contribution in [-0.4, -0.2) is 25.8 Å². The Morgan fingerprint density at radius 1 is 1.00 bits per heavy atom. The fraction of sp³-hybridized carbons (Fsp3) is 1.00. The molecular weight excluding hydrogens is 222 g/mol. The summed E-state index contributed by atoms with van der Waals surface area (Å²) < 4.78 is 5.69. The minimum absolute atomic E-state index is 0.715. The van der Waals surface area contributed by atoms with Gasteiger partial charge >= 0.3 is 0 Å². The molecule has 3 aliphatic rings. The summed E-state index contributed by atoms with van der Waals surface area (Å²) in [5.74, 6) is 0.912. The zero-order chi connectivity index (χ0) is 12.3. The van der Waals surface area contributed by atoms with E-state index in [-0.39, 0.29) is 0 Å². The zero-order valence-corrected chi connectivity index (χ0v) is 11.8. The maximum absolute atomic E-state index is 5.69. The summed E-state index contributed by atoms with van der Waals surface area (Å²) in [6.07, 6.45) is 14.3. The topological polar surface area (TPSA) is 21.3 Å². The molecule has 1 N–H and O–H groups in total. The summed E-state index contributed by atoms with van der Waals surface area (Å²) in [6.45, 7) is 3.15. The molecule has 3 fully saturated rings. The molecule has 0 aromatic heterocycles. The van der Waals surface area contributed by atoms with Gasteiger partial charge in [-0.2, -0.15) is 0 Å². The van der Waals surface area contributed by atoms with Crippen molar-refractivity contribution in [1.29, 1.82) is 0 Å². The SMILES string of the molecule is C1CCC2(CC1)CCC2NCCCOCC1CC1. The first-order chi connectivity index (χ1) is 8.89. The van der Waals surface area contributed by atoms with E-state index in [1.54, 1.807) is 0 Å². The van der Waals surface area contributed by atoms with Crippen molar-refractivity contribution in [2.45, 2.75) is 70.3 Å². The lowest BCUT2D eigenvalue weighted by molar-refractivity contribution is 0.0215. The first-order valence-corrected chi connectivity index (χ1v) is 8.20. The van der Waals surface area contributed by atoms with Gasteiger partial charge in [0, 0.05) is 19.3 Å². The van der Waals surface area contributed by atoms with Gasteiger partial charge in [0.15, 0.2) is 0 Å². The van der Waals surface area contributed by atoms with Crippen molar-refractivity contribution in [3.8, 4) is 0 Å². The maximum atomic E-state index is 5.69. The second-order valence-electron chi connectivity index (χ2n) is 6.84. The smallest absolute Gasteiger partial charge is 0.0494 e. The molecule has 0 aliphatic heterocycles. The van der Waals surface area contributed by atoms with E-state index in [9.17, 15) is 0 Å². The van der Waals surface area contributed by atoms with E-state index in [1.807, 2.05) is 0 Å². The van der Waals surface area contributed by atoms with Crippen LogP contribution in [0.2, 0.25) is 0 Å². The molecule has 0 bridgehead atoms. The molecule has 2 nitrogen and oxygen atoms in total. The monoisotopic (exact) mass is 251 g/mol. The molecule has 0 aromatic carbocycles. The van der Waals surface area contributed by atoms with E-state index < -0.39 is 0 Å². The van der Waals surface area contributed by atoms with Gasteiger partial charge in [0.05, 0.1) is 0 Å². The van der Waals surface area contributed by atoms with Gasteiger partial charge in [-0.25, -0.2) is 0 Å². The molecule has 0 heterocycles. The van der Waals surface area contributed by atoms with Gasteiger partial charge in [-0.05, 0) is 62.8 Å². The molecule has 0 amide bonds. The van der Waals surface area contributed by atoms with Crippen molar-refractivity contribution < 1.29 is 4.74 Å². The Hall–Kier alpha value is -0.0800. The number of rotatable bonds is 7. The van der Waals surface area contributed by atoms with E-state index in [0.717, 1.165) is 31.7 Å². The second-order valence-corrected chi connectivity index (χ2v) is 6.84. The minimum Gasteiger partial charge on any atom is -0.381 e. The Morgan fingerprint density at radius 3 is 2.50 bits per heavy atom. The largest absolute Gasteiger partial charge is 0.381 e. The van der Waals surface area contributed by atoms with Crippen molar-refractivity contribution in [3.63, 3.8) is 0 Å². The molecule has 104 valence electrons.